The van der Waals surface area contributed by atoms with Crippen LogP contribution in [0.2, 0.25) is 0 Å². The van der Waals surface area contributed by atoms with Gasteiger partial charge in [0.2, 0.25) is 11.9 Å². The van der Waals surface area contributed by atoms with Crippen LogP contribution in [0.5, 0.6) is 0 Å². The number of ether oxygens (including phenoxy) is 1. The van der Waals surface area contributed by atoms with Gasteiger partial charge >= 0.3 is 0 Å². The van der Waals surface area contributed by atoms with Gasteiger partial charge in [-0.15, -0.1) is 0 Å². The predicted octanol–water partition coefficient (Wildman–Crippen LogP) is 2.47. The standard InChI is InChI=1S/C22H29N5O2/c1-22(2)13-18(25-20(28)7-6-16-5-3-4-8-23-16)17-15-24-21(26-19(17)14-22)27-9-11-29-12-10-27/h3-5,8,15,18H,6-7,9-14H2,1-2H3,(H,25,28). The average Bonchev–Trinajstić information content (AvgIpc) is 2.72. The number of rotatable bonds is 5. The smallest absolute Gasteiger partial charge is 0.225 e. The summed E-state index contributed by atoms with van der Waals surface area (Å²) in [6.45, 7) is 7.52. The highest BCUT2D eigenvalue weighted by atomic mass is 16.5. The highest BCUT2D eigenvalue weighted by Gasteiger charge is 2.34. The number of nitrogens with zero attached hydrogens (tertiary/aromatic N) is 4. The summed E-state index contributed by atoms with van der Waals surface area (Å²) in [5.41, 5.74) is 3.11. The Balaban J connectivity index is 1.47. The second-order valence-electron chi connectivity index (χ2n) is 8.66. The Kier molecular flexibility index (Phi) is 5.76. The van der Waals surface area contributed by atoms with Gasteiger partial charge in [-0.05, 0) is 36.8 Å². The minimum atomic E-state index is -0.0521. The zero-order valence-corrected chi connectivity index (χ0v) is 17.2. The van der Waals surface area contributed by atoms with Crippen molar-refractivity contribution in [3.63, 3.8) is 0 Å². The lowest BCUT2D eigenvalue weighted by atomic mass is 9.74. The molecule has 2 aromatic heterocycles. The summed E-state index contributed by atoms with van der Waals surface area (Å²) in [5, 5.41) is 3.22. The number of fused-ring (bicyclic) bond motifs is 1. The van der Waals surface area contributed by atoms with Crippen LogP contribution in [0.15, 0.2) is 30.6 Å². The van der Waals surface area contributed by atoms with Gasteiger partial charge in [0.25, 0.3) is 0 Å². The van der Waals surface area contributed by atoms with E-state index < -0.39 is 0 Å². The fourth-order valence-electron chi connectivity index (χ4n) is 4.14. The van der Waals surface area contributed by atoms with Crippen molar-refractivity contribution in [1.29, 1.82) is 0 Å². The monoisotopic (exact) mass is 395 g/mol. The number of aromatic nitrogens is 3. The van der Waals surface area contributed by atoms with Crippen LogP contribution in [-0.2, 0) is 22.4 Å². The fourth-order valence-corrected chi connectivity index (χ4v) is 4.14. The Bertz CT molecular complexity index is 850. The minimum absolute atomic E-state index is 0.0431. The molecule has 1 unspecified atom stereocenters. The SMILES string of the molecule is CC1(C)Cc2nc(N3CCOCC3)ncc2C(NC(=O)CCc2ccccn2)C1. The van der Waals surface area contributed by atoms with E-state index in [1.807, 2.05) is 24.4 Å². The van der Waals surface area contributed by atoms with Crippen molar-refractivity contribution in [3.8, 4) is 0 Å². The lowest BCUT2D eigenvalue weighted by molar-refractivity contribution is -0.122. The topological polar surface area (TPSA) is 80.2 Å². The third-order valence-electron chi connectivity index (χ3n) is 5.63. The predicted molar refractivity (Wildman–Crippen MR) is 111 cm³/mol. The number of morpholine rings is 1. The maximum atomic E-state index is 12.6. The number of nitrogens with one attached hydrogen (secondary N) is 1. The molecule has 0 saturated carbocycles. The third-order valence-corrected chi connectivity index (χ3v) is 5.63. The summed E-state index contributed by atoms with van der Waals surface area (Å²) >= 11 is 0. The maximum Gasteiger partial charge on any atom is 0.225 e. The number of anilines is 1. The van der Waals surface area contributed by atoms with E-state index in [9.17, 15) is 4.79 Å². The Morgan fingerprint density at radius 1 is 1.28 bits per heavy atom. The number of hydrogen-bond donors (Lipinski definition) is 1. The molecule has 1 saturated heterocycles. The molecule has 7 heteroatoms. The molecule has 3 heterocycles. The first kappa shape index (κ1) is 19.8. The van der Waals surface area contributed by atoms with E-state index in [0.29, 0.717) is 26.1 Å². The fraction of sp³-hybridized carbons (Fsp3) is 0.545. The Morgan fingerprint density at radius 3 is 2.86 bits per heavy atom. The molecular weight excluding hydrogens is 366 g/mol. The molecule has 1 amide bonds. The zero-order chi connectivity index (χ0) is 20.3. The minimum Gasteiger partial charge on any atom is -0.378 e. The van der Waals surface area contributed by atoms with Gasteiger partial charge in [0.1, 0.15) is 0 Å². The number of carbonyl (C=O) groups excluding carboxylic acids is 1. The number of carbonyl (C=O) groups is 1. The van der Waals surface area contributed by atoms with E-state index in [0.717, 1.165) is 48.8 Å². The van der Waals surface area contributed by atoms with Crippen LogP contribution in [0, 0.1) is 5.41 Å². The first-order chi connectivity index (χ1) is 14.0. The van der Waals surface area contributed by atoms with Crippen molar-refractivity contribution in [2.24, 2.45) is 5.41 Å². The Hall–Kier alpha value is -2.54. The Labute approximate surface area is 171 Å². The van der Waals surface area contributed by atoms with E-state index in [1.165, 1.54) is 0 Å². The van der Waals surface area contributed by atoms with Crippen LogP contribution in [0.4, 0.5) is 5.95 Å². The average molecular weight is 396 g/mol. The molecule has 154 valence electrons. The molecule has 1 aliphatic heterocycles. The van der Waals surface area contributed by atoms with Crippen LogP contribution in [-0.4, -0.2) is 47.2 Å². The lowest BCUT2D eigenvalue weighted by Crippen LogP contribution is -2.39. The second-order valence-corrected chi connectivity index (χ2v) is 8.66. The normalized spacial score (nSPS) is 20.8. The summed E-state index contributed by atoms with van der Waals surface area (Å²) in [7, 11) is 0. The molecule has 4 rings (SSSR count). The van der Waals surface area contributed by atoms with Gasteiger partial charge in [0.15, 0.2) is 0 Å². The zero-order valence-electron chi connectivity index (χ0n) is 17.2. The van der Waals surface area contributed by atoms with Gasteiger partial charge in [0.05, 0.1) is 24.9 Å². The third kappa shape index (κ3) is 4.90. The van der Waals surface area contributed by atoms with Gasteiger partial charge in [-0.3, -0.25) is 9.78 Å². The summed E-state index contributed by atoms with van der Waals surface area (Å²) < 4.78 is 5.43. The molecule has 0 aromatic carbocycles. The Morgan fingerprint density at radius 2 is 2.10 bits per heavy atom. The quantitative estimate of drug-likeness (QED) is 0.838. The molecule has 1 fully saturated rings. The van der Waals surface area contributed by atoms with E-state index >= 15 is 0 Å². The van der Waals surface area contributed by atoms with Crippen molar-refractivity contribution < 1.29 is 9.53 Å². The van der Waals surface area contributed by atoms with Crippen LogP contribution >= 0.6 is 0 Å². The first-order valence-corrected chi connectivity index (χ1v) is 10.4. The molecule has 7 nitrogen and oxygen atoms in total. The molecular formula is C22H29N5O2. The summed E-state index contributed by atoms with van der Waals surface area (Å²) in [6.07, 6.45) is 6.51. The van der Waals surface area contributed by atoms with Crippen LogP contribution in [0.25, 0.3) is 0 Å². The van der Waals surface area contributed by atoms with Crippen LogP contribution < -0.4 is 10.2 Å². The van der Waals surface area contributed by atoms with Crippen molar-refractivity contribution in [2.45, 2.75) is 45.6 Å². The largest absolute Gasteiger partial charge is 0.378 e. The van der Waals surface area contributed by atoms with Gasteiger partial charge in [-0.1, -0.05) is 19.9 Å². The number of aryl methyl sites for hydroxylation is 1. The molecule has 2 aliphatic rings. The molecule has 1 N–H and O–H groups in total. The van der Waals surface area contributed by atoms with Gasteiger partial charge in [-0.2, -0.15) is 0 Å². The van der Waals surface area contributed by atoms with E-state index in [1.54, 1.807) is 6.20 Å². The van der Waals surface area contributed by atoms with Gasteiger partial charge < -0.3 is 15.0 Å². The van der Waals surface area contributed by atoms with Gasteiger partial charge in [0, 0.05) is 43.2 Å². The van der Waals surface area contributed by atoms with Gasteiger partial charge in [-0.25, -0.2) is 9.97 Å². The molecule has 29 heavy (non-hydrogen) atoms. The summed E-state index contributed by atoms with van der Waals surface area (Å²) in [4.78, 5) is 28.6. The summed E-state index contributed by atoms with van der Waals surface area (Å²) in [5.74, 6) is 0.812. The maximum absolute atomic E-state index is 12.6. The highest BCUT2D eigenvalue weighted by molar-refractivity contribution is 5.76. The number of hydrogen-bond acceptors (Lipinski definition) is 6. The highest BCUT2D eigenvalue weighted by Crippen LogP contribution is 2.40. The number of pyridine rings is 1. The summed E-state index contributed by atoms with van der Waals surface area (Å²) in [6, 6.07) is 5.73. The second kappa shape index (κ2) is 8.45. The molecule has 2 aromatic rings. The van der Waals surface area contributed by atoms with E-state index in [-0.39, 0.29) is 17.4 Å². The molecule has 0 spiro atoms. The van der Waals surface area contributed by atoms with E-state index in [2.05, 4.69) is 34.0 Å². The van der Waals surface area contributed by atoms with Crippen LogP contribution in [0.3, 0.4) is 0 Å². The van der Waals surface area contributed by atoms with Crippen LogP contribution in [0.1, 0.15) is 49.7 Å². The van der Waals surface area contributed by atoms with E-state index in [4.69, 9.17) is 9.72 Å². The van der Waals surface area contributed by atoms with Crippen molar-refractivity contribution in [1.82, 2.24) is 20.3 Å². The molecule has 0 radical (unpaired) electrons. The van der Waals surface area contributed by atoms with Crippen molar-refractivity contribution >= 4 is 11.9 Å². The lowest BCUT2D eigenvalue weighted by Gasteiger charge is -2.37. The molecule has 0 bridgehead atoms. The number of amides is 1. The van der Waals surface area contributed by atoms with Crippen molar-refractivity contribution in [2.75, 3.05) is 31.2 Å². The van der Waals surface area contributed by atoms with Crippen molar-refractivity contribution in [3.05, 3.63) is 47.5 Å². The molecule has 1 atom stereocenters. The first-order valence-electron chi connectivity index (χ1n) is 10.4. The molecule has 1 aliphatic carbocycles.